The van der Waals surface area contributed by atoms with E-state index in [1.54, 1.807) is 19.4 Å². The summed E-state index contributed by atoms with van der Waals surface area (Å²) in [6.45, 7) is 4.34. The summed E-state index contributed by atoms with van der Waals surface area (Å²) in [7, 11) is 1.62. The maximum Gasteiger partial charge on any atom is 0.226 e. The van der Waals surface area contributed by atoms with Crippen molar-refractivity contribution in [2.24, 2.45) is 28.3 Å². The maximum absolute atomic E-state index is 12.7. The summed E-state index contributed by atoms with van der Waals surface area (Å²) in [4.78, 5) is 23.3. The number of hydrogen-bond acceptors (Lipinski definition) is 7. The number of aromatic nitrogens is 1. The van der Waals surface area contributed by atoms with E-state index in [0.29, 0.717) is 40.9 Å². The lowest BCUT2D eigenvalue weighted by atomic mass is 9.54. The highest BCUT2D eigenvalue weighted by molar-refractivity contribution is 7.15. The Labute approximate surface area is 204 Å². The Bertz CT molecular complexity index is 1130. The number of hydrogen-bond donors (Lipinski definition) is 3. The van der Waals surface area contributed by atoms with Gasteiger partial charge in [-0.3, -0.25) is 4.79 Å². The third kappa shape index (κ3) is 3.85. The van der Waals surface area contributed by atoms with Gasteiger partial charge in [-0.05, 0) is 86.3 Å². The second kappa shape index (κ2) is 8.87. The molecule has 3 aliphatic rings. The molecule has 1 aromatic carbocycles. The van der Waals surface area contributed by atoms with Gasteiger partial charge in [-0.15, -0.1) is 11.3 Å². The van der Waals surface area contributed by atoms with E-state index in [1.807, 2.05) is 6.92 Å². The number of anilines is 2. The van der Waals surface area contributed by atoms with Crippen molar-refractivity contribution >= 4 is 33.8 Å². The zero-order valence-corrected chi connectivity index (χ0v) is 21.0. The number of phenolic OH excluding ortho intramolecular Hbond substituents is 1. The first-order chi connectivity index (χ1) is 16.3. The molecule has 5 unspecified atom stereocenters. The average molecular weight is 483 g/mol. The standard InChI is InChI=1S/C26H34N4O3S/c1-14-13-28-25(34-14)29-22(32)9-4-15-12-21(30-33-3)26(2)11-10-17-16-7-8-20(31)24(27)19(16)6-5-18(17)23(15)26/h7-8,13,15,17-18,23,31H,4-6,9-12,27H2,1-3H3,(H,28,29,32). The second-order valence-electron chi connectivity index (χ2n) is 10.4. The number of rotatable bonds is 5. The lowest BCUT2D eigenvalue weighted by Gasteiger charge is -2.50. The topological polar surface area (TPSA) is 110 Å². The van der Waals surface area contributed by atoms with E-state index in [1.165, 1.54) is 16.9 Å². The van der Waals surface area contributed by atoms with Crippen molar-refractivity contribution in [3.8, 4) is 5.75 Å². The Morgan fingerprint density at radius 3 is 2.97 bits per heavy atom. The Balaban J connectivity index is 1.39. The number of nitrogens with one attached hydrogen (secondary N) is 1. The van der Waals surface area contributed by atoms with Crippen LogP contribution in [0.3, 0.4) is 0 Å². The molecule has 182 valence electrons. The van der Waals surface area contributed by atoms with Crippen molar-refractivity contribution in [1.82, 2.24) is 4.98 Å². The Kier molecular flexibility index (Phi) is 6.04. The Morgan fingerprint density at radius 2 is 2.24 bits per heavy atom. The number of aryl methyl sites for hydroxylation is 1. The van der Waals surface area contributed by atoms with Gasteiger partial charge in [-0.2, -0.15) is 0 Å². The van der Waals surface area contributed by atoms with Crippen molar-refractivity contribution in [3.05, 3.63) is 34.3 Å². The van der Waals surface area contributed by atoms with Gasteiger partial charge in [0.25, 0.3) is 0 Å². The second-order valence-corrected chi connectivity index (χ2v) is 11.6. The van der Waals surface area contributed by atoms with Crippen LogP contribution in [0.25, 0.3) is 0 Å². The molecular weight excluding hydrogens is 448 g/mol. The number of aromatic hydroxyl groups is 1. The molecule has 2 fully saturated rings. The monoisotopic (exact) mass is 482 g/mol. The Hall–Kier alpha value is -2.61. The largest absolute Gasteiger partial charge is 0.506 e. The number of nitrogens with two attached hydrogens (primary N) is 1. The molecule has 4 N–H and O–H groups in total. The van der Waals surface area contributed by atoms with Gasteiger partial charge >= 0.3 is 0 Å². The minimum atomic E-state index is -0.00922. The highest BCUT2D eigenvalue weighted by Gasteiger charge is 2.57. The molecule has 3 aliphatic carbocycles. The van der Waals surface area contributed by atoms with Crippen LogP contribution in [0, 0.1) is 30.1 Å². The lowest BCUT2D eigenvalue weighted by Crippen LogP contribution is -2.44. The quantitative estimate of drug-likeness (QED) is 0.307. The van der Waals surface area contributed by atoms with Gasteiger partial charge in [0.05, 0.1) is 11.4 Å². The predicted octanol–water partition coefficient (Wildman–Crippen LogP) is 5.24. The number of amides is 1. The van der Waals surface area contributed by atoms with Crippen LogP contribution in [-0.2, 0) is 16.1 Å². The molecule has 0 bridgehead atoms. The van der Waals surface area contributed by atoms with Crippen LogP contribution in [0.2, 0.25) is 0 Å². The number of thiazole rings is 1. The first-order valence-corrected chi connectivity index (χ1v) is 13.1. The molecule has 1 aromatic heterocycles. The smallest absolute Gasteiger partial charge is 0.226 e. The number of carbonyl (C=O) groups excluding carboxylic acids is 1. The van der Waals surface area contributed by atoms with Crippen molar-refractivity contribution in [1.29, 1.82) is 0 Å². The maximum atomic E-state index is 12.7. The zero-order valence-electron chi connectivity index (χ0n) is 20.1. The highest BCUT2D eigenvalue weighted by atomic mass is 32.1. The average Bonchev–Trinajstić information content (AvgIpc) is 3.34. The molecule has 5 atom stereocenters. The van der Waals surface area contributed by atoms with Gasteiger partial charge in [-0.1, -0.05) is 18.1 Å². The predicted molar refractivity (Wildman–Crippen MR) is 135 cm³/mol. The van der Waals surface area contributed by atoms with Crippen molar-refractivity contribution in [3.63, 3.8) is 0 Å². The first kappa shape index (κ1) is 23.1. The van der Waals surface area contributed by atoms with Crippen LogP contribution in [0.1, 0.15) is 67.4 Å². The van der Waals surface area contributed by atoms with Crippen LogP contribution >= 0.6 is 11.3 Å². The fourth-order valence-electron chi connectivity index (χ4n) is 7.19. The number of benzene rings is 1. The molecule has 1 heterocycles. The van der Waals surface area contributed by atoms with E-state index in [4.69, 9.17) is 10.6 Å². The van der Waals surface area contributed by atoms with Crippen LogP contribution < -0.4 is 11.1 Å². The van der Waals surface area contributed by atoms with Crippen LogP contribution in [0.4, 0.5) is 10.8 Å². The fraction of sp³-hybridized carbons (Fsp3) is 0.577. The summed E-state index contributed by atoms with van der Waals surface area (Å²) in [5.74, 6) is 1.98. The van der Waals surface area contributed by atoms with Crippen molar-refractivity contribution in [2.75, 3.05) is 18.2 Å². The Morgan fingerprint density at radius 1 is 1.41 bits per heavy atom. The molecule has 2 aromatic rings. The number of nitrogens with zero attached hydrogens (tertiary/aromatic N) is 2. The third-order valence-corrected chi connectivity index (χ3v) is 9.45. The molecule has 0 aliphatic heterocycles. The molecule has 8 heteroatoms. The molecule has 5 rings (SSSR count). The molecule has 0 radical (unpaired) electrons. The first-order valence-electron chi connectivity index (χ1n) is 12.2. The van der Waals surface area contributed by atoms with Gasteiger partial charge in [-0.25, -0.2) is 4.98 Å². The van der Waals surface area contributed by atoms with E-state index < -0.39 is 0 Å². The normalized spacial score (nSPS) is 31.0. The van der Waals surface area contributed by atoms with Crippen LogP contribution in [0.15, 0.2) is 23.5 Å². The minimum absolute atomic E-state index is 0.00922. The van der Waals surface area contributed by atoms with E-state index >= 15 is 0 Å². The molecule has 0 spiro atoms. The molecule has 1 amide bonds. The number of fused-ring (bicyclic) bond motifs is 5. The van der Waals surface area contributed by atoms with E-state index in [-0.39, 0.29) is 17.1 Å². The van der Waals surface area contributed by atoms with Crippen molar-refractivity contribution in [2.45, 2.75) is 64.7 Å². The van der Waals surface area contributed by atoms with Gasteiger partial charge in [0.1, 0.15) is 12.9 Å². The summed E-state index contributed by atoms with van der Waals surface area (Å²) in [5, 5.41) is 18.3. The molecule has 7 nitrogen and oxygen atoms in total. The lowest BCUT2D eigenvalue weighted by molar-refractivity contribution is -0.116. The van der Waals surface area contributed by atoms with Crippen molar-refractivity contribution < 1.29 is 14.7 Å². The summed E-state index contributed by atoms with van der Waals surface area (Å²) >= 11 is 1.50. The third-order valence-electron chi connectivity index (χ3n) is 8.62. The molecule has 34 heavy (non-hydrogen) atoms. The summed E-state index contributed by atoms with van der Waals surface area (Å²) in [6, 6.07) is 3.83. The number of carbonyl (C=O) groups is 1. The van der Waals surface area contributed by atoms with Crippen LogP contribution in [0.5, 0.6) is 5.75 Å². The number of phenols is 1. The van der Waals surface area contributed by atoms with Gasteiger partial charge in [0.2, 0.25) is 5.91 Å². The number of nitrogen functional groups attached to an aromatic ring is 1. The fourth-order valence-corrected chi connectivity index (χ4v) is 7.87. The van der Waals surface area contributed by atoms with E-state index in [0.717, 1.165) is 54.7 Å². The summed E-state index contributed by atoms with van der Waals surface area (Å²) in [5.41, 5.74) is 10.4. The SMILES string of the molecule is CON=C1CC(CCC(=O)Nc2ncc(C)s2)C2C3CCc4c(ccc(O)c4N)C3CCC12C. The van der Waals surface area contributed by atoms with Gasteiger partial charge < -0.3 is 21.0 Å². The van der Waals surface area contributed by atoms with Gasteiger partial charge in [0.15, 0.2) is 5.13 Å². The minimum Gasteiger partial charge on any atom is -0.506 e. The summed E-state index contributed by atoms with van der Waals surface area (Å²) < 4.78 is 0. The van der Waals surface area contributed by atoms with E-state index in [2.05, 4.69) is 28.4 Å². The zero-order chi connectivity index (χ0) is 24.0. The molecule has 0 saturated heterocycles. The van der Waals surface area contributed by atoms with E-state index in [9.17, 15) is 9.90 Å². The van der Waals surface area contributed by atoms with Gasteiger partial charge in [0, 0.05) is 22.9 Å². The summed E-state index contributed by atoms with van der Waals surface area (Å²) in [6.07, 6.45) is 8.02. The molecular formula is C26H34N4O3S. The molecule has 2 saturated carbocycles. The van der Waals surface area contributed by atoms with Crippen LogP contribution in [-0.4, -0.2) is 28.8 Å². The highest BCUT2D eigenvalue weighted by Crippen LogP contribution is 2.63. The number of oxime groups is 1.